The highest BCUT2D eigenvalue weighted by atomic mass is 35.5. The summed E-state index contributed by atoms with van der Waals surface area (Å²) in [5.41, 5.74) is 1.90. The van der Waals surface area contributed by atoms with Gasteiger partial charge in [-0.1, -0.05) is 35.9 Å². The van der Waals surface area contributed by atoms with Crippen LogP contribution in [0.3, 0.4) is 0 Å². The largest absolute Gasteiger partial charge is 0.273 e. The van der Waals surface area contributed by atoms with Crippen molar-refractivity contribution >= 4 is 46.2 Å². The number of nitro groups is 1. The summed E-state index contributed by atoms with van der Waals surface area (Å²) < 4.78 is 0. The monoisotopic (exact) mass is 446 g/mol. The molecule has 0 radical (unpaired) electrons. The second-order valence-electron chi connectivity index (χ2n) is 7.38. The number of anilines is 2. The van der Waals surface area contributed by atoms with Crippen LogP contribution in [0.5, 0.6) is 0 Å². The summed E-state index contributed by atoms with van der Waals surface area (Å²) in [5.74, 6) is -1.69. The molecule has 0 saturated carbocycles. The number of imide groups is 1. The Kier molecular flexibility index (Phi) is 4.71. The molecule has 8 nitrogen and oxygen atoms in total. The van der Waals surface area contributed by atoms with E-state index in [0.717, 1.165) is 4.90 Å². The molecular weight excluding hydrogens is 432 g/mol. The van der Waals surface area contributed by atoms with Gasteiger partial charge < -0.3 is 0 Å². The van der Waals surface area contributed by atoms with Crippen molar-refractivity contribution in [2.75, 3.05) is 9.91 Å². The van der Waals surface area contributed by atoms with Crippen LogP contribution in [-0.4, -0.2) is 28.5 Å². The van der Waals surface area contributed by atoms with Gasteiger partial charge >= 0.3 is 0 Å². The molecule has 32 heavy (non-hydrogen) atoms. The third-order valence-electron chi connectivity index (χ3n) is 5.51. The molecule has 158 valence electrons. The van der Waals surface area contributed by atoms with Gasteiger partial charge in [-0.05, 0) is 48.0 Å². The van der Waals surface area contributed by atoms with Gasteiger partial charge in [0.2, 0.25) is 5.91 Å². The molecule has 2 aliphatic rings. The Morgan fingerprint density at radius 2 is 1.56 bits per heavy atom. The number of amides is 2. The first-order chi connectivity index (χ1) is 15.5. The van der Waals surface area contributed by atoms with Gasteiger partial charge in [0.25, 0.3) is 11.6 Å². The van der Waals surface area contributed by atoms with Crippen LogP contribution in [-0.2, 0) is 9.59 Å². The number of non-ortho nitro benzene ring substituents is 1. The predicted molar refractivity (Wildman–Crippen MR) is 120 cm³/mol. The molecule has 1 fully saturated rings. The average Bonchev–Trinajstić information content (AvgIpc) is 3.31. The number of hydrogen-bond donors (Lipinski definition) is 0. The minimum atomic E-state index is -0.867. The van der Waals surface area contributed by atoms with E-state index in [-0.39, 0.29) is 5.69 Å². The number of hydrogen-bond acceptors (Lipinski definition) is 6. The zero-order valence-corrected chi connectivity index (χ0v) is 17.2. The van der Waals surface area contributed by atoms with Crippen LogP contribution in [0.4, 0.5) is 17.1 Å². The maximum atomic E-state index is 13.5. The summed E-state index contributed by atoms with van der Waals surface area (Å²) in [4.78, 5) is 38.6. The van der Waals surface area contributed by atoms with Crippen molar-refractivity contribution in [1.82, 2.24) is 0 Å². The zero-order chi connectivity index (χ0) is 22.4. The lowest BCUT2D eigenvalue weighted by atomic mass is 9.92. The minimum absolute atomic E-state index is 0.0711. The van der Waals surface area contributed by atoms with Crippen molar-refractivity contribution in [3.63, 3.8) is 0 Å². The molecule has 0 N–H and O–H groups in total. The molecule has 1 saturated heterocycles. The molecule has 2 atom stereocenters. The molecule has 0 bridgehead atoms. The average molecular weight is 447 g/mol. The molecule has 2 aliphatic heterocycles. The molecular formula is C23H15ClN4O4. The van der Waals surface area contributed by atoms with Gasteiger partial charge in [0.1, 0.15) is 12.0 Å². The van der Waals surface area contributed by atoms with Crippen molar-refractivity contribution in [1.29, 1.82) is 0 Å². The number of fused-ring (bicyclic) bond motifs is 1. The summed E-state index contributed by atoms with van der Waals surface area (Å²) >= 11 is 6.09. The van der Waals surface area contributed by atoms with Crippen LogP contribution in [0.1, 0.15) is 5.56 Å². The van der Waals surface area contributed by atoms with Crippen LogP contribution in [0.2, 0.25) is 5.02 Å². The number of benzene rings is 3. The van der Waals surface area contributed by atoms with Crippen LogP contribution in [0, 0.1) is 16.0 Å². The molecule has 0 aromatic heterocycles. The van der Waals surface area contributed by atoms with E-state index < -0.39 is 28.7 Å². The molecule has 5 rings (SSSR count). The predicted octanol–water partition coefficient (Wildman–Crippen LogP) is 4.03. The number of rotatable bonds is 4. The lowest BCUT2D eigenvalue weighted by Gasteiger charge is -2.22. The third kappa shape index (κ3) is 3.12. The van der Waals surface area contributed by atoms with Gasteiger partial charge in [-0.3, -0.25) is 24.7 Å². The smallest absolute Gasteiger partial charge is 0.269 e. The van der Waals surface area contributed by atoms with Crippen molar-refractivity contribution in [2.24, 2.45) is 11.0 Å². The van der Waals surface area contributed by atoms with Crippen LogP contribution in [0.15, 0.2) is 84.0 Å². The lowest BCUT2D eigenvalue weighted by Crippen LogP contribution is -2.39. The highest BCUT2D eigenvalue weighted by molar-refractivity contribution is 6.35. The topological polar surface area (TPSA) is 96.1 Å². The SMILES string of the molecule is O=C1[C@@H]2C(c3ccc([N+](=O)[O-])cc3)=NN(c3ccccc3)[C@@H]2C(=O)N1c1cccc(Cl)c1. The van der Waals surface area contributed by atoms with E-state index in [4.69, 9.17) is 11.6 Å². The summed E-state index contributed by atoms with van der Waals surface area (Å²) in [7, 11) is 0. The number of carbonyl (C=O) groups excluding carboxylic acids is 2. The van der Waals surface area contributed by atoms with E-state index in [0.29, 0.717) is 27.7 Å². The molecule has 2 amide bonds. The van der Waals surface area contributed by atoms with E-state index in [1.807, 2.05) is 18.2 Å². The maximum Gasteiger partial charge on any atom is 0.269 e. The van der Waals surface area contributed by atoms with E-state index in [2.05, 4.69) is 5.10 Å². The Bertz CT molecular complexity index is 1280. The molecule has 0 aliphatic carbocycles. The zero-order valence-electron chi connectivity index (χ0n) is 16.5. The normalized spacial score (nSPS) is 19.8. The van der Waals surface area contributed by atoms with E-state index in [1.54, 1.807) is 53.5 Å². The number of nitro benzene ring substituents is 1. The molecule has 3 aromatic carbocycles. The van der Waals surface area contributed by atoms with Crippen molar-refractivity contribution in [3.8, 4) is 0 Å². The first kappa shape index (κ1) is 19.9. The Labute approximate surface area is 187 Å². The second kappa shape index (κ2) is 7.58. The van der Waals surface area contributed by atoms with Crippen molar-refractivity contribution in [3.05, 3.63) is 99.6 Å². The standard InChI is InChI=1S/C23H15ClN4O4/c24-15-5-4-8-18(13-15)26-22(29)19-20(14-9-11-17(12-10-14)28(31)32)25-27(21(19)23(26)30)16-6-2-1-3-7-16/h1-13,19,21H/t19-,21+/m1/s1. The fourth-order valence-electron chi connectivity index (χ4n) is 4.07. The summed E-state index contributed by atoms with van der Waals surface area (Å²) in [6.45, 7) is 0. The van der Waals surface area contributed by atoms with Gasteiger partial charge in [-0.2, -0.15) is 5.10 Å². The van der Waals surface area contributed by atoms with E-state index >= 15 is 0 Å². The highest BCUT2D eigenvalue weighted by Gasteiger charge is 2.57. The number of hydrazone groups is 1. The first-order valence-electron chi connectivity index (χ1n) is 9.76. The Morgan fingerprint density at radius 3 is 2.22 bits per heavy atom. The first-order valence-corrected chi connectivity index (χ1v) is 10.1. The summed E-state index contributed by atoms with van der Waals surface area (Å²) in [5, 5.41) is 17.6. The molecule has 0 spiro atoms. The van der Waals surface area contributed by atoms with Gasteiger partial charge in [0, 0.05) is 17.2 Å². The van der Waals surface area contributed by atoms with Crippen molar-refractivity contribution in [2.45, 2.75) is 6.04 Å². The van der Waals surface area contributed by atoms with Crippen LogP contribution in [0.25, 0.3) is 0 Å². The quantitative estimate of drug-likeness (QED) is 0.342. The van der Waals surface area contributed by atoms with Gasteiger partial charge in [0.05, 0.1) is 22.0 Å². The fraction of sp³-hybridized carbons (Fsp3) is 0.0870. The Hall–Kier alpha value is -4.04. The summed E-state index contributed by atoms with van der Waals surface area (Å²) in [6, 6.07) is 20.6. The van der Waals surface area contributed by atoms with Crippen molar-refractivity contribution < 1.29 is 14.5 Å². The van der Waals surface area contributed by atoms with Gasteiger partial charge in [-0.15, -0.1) is 0 Å². The number of para-hydroxylation sites is 1. The molecule has 2 heterocycles. The molecule has 9 heteroatoms. The second-order valence-corrected chi connectivity index (χ2v) is 7.82. The van der Waals surface area contributed by atoms with E-state index in [9.17, 15) is 19.7 Å². The molecule has 3 aromatic rings. The Balaban J connectivity index is 1.62. The fourth-order valence-corrected chi connectivity index (χ4v) is 4.25. The van der Waals surface area contributed by atoms with Gasteiger partial charge in [0.15, 0.2) is 0 Å². The number of halogens is 1. The number of carbonyl (C=O) groups is 2. The van der Waals surface area contributed by atoms with Crippen LogP contribution >= 0.6 is 11.6 Å². The van der Waals surface area contributed by atoms with E-state index in [1.165, 1.54) is 12.1 Å². The van der Waals surface area contributed by atoms with Gasteiger partial charge in [-0.25, -0.2) is 4.90 Å². The summed E-state index contributed by atoms with van der Waals surface area (Å²) in [6.07, 6.45) is 0. The third-order valence-corrected chi connectivity index (χ3v) is 5.75. The highest BCUT2D eigenvalue weighted by Crippen LogP contribution is 2.39. The van der Waals surface area contributed by atoms with Crippen LogP contribution < -0.4 is 9.91 Å². The molecule has 0 unspecified atom stereocenters. The number of nitrogens with zero attached hydrogens (tertiary/aromatic N) is 4. The Morgan fingerprint density at radius 1 is 0.875 bits per heavy atom. The maximum absolute atomic E-state index is 13.5. The minimum Gasteiger partial charge on any atom is -0.273 e. The lowest BCUT2D eigenvalue weighted by molar-refractivity contribution is -0.384.